The predicted octanol–water partition coefficient (Wildman–Crippen LogP) is 2.26. The molecule has 0 aromatic rings. The van der Waals surface area contributed by atoms with Crippen molar-refractivity contribution >= 4 is 34.8 Å². The molecule has 68 valence electrons. The van der Waals surface area contributed by atoms with Crippen molar-refractivity contribution in [1.82, 2.24) is 0 Å². The first kappa shape index (κ1) is 10.0. The Morgan fingerprint density at radius 2 is 1.75 bits per heavy atom. The number of hydrogen-bond donors (Lipinski definition) is 0. The van der Waals surface area contributed by atoms with Gasteiger partial charge in [0.25, 0.3) is 0 Å². The van der Waals surface area contributed by atoms with Gasteiger partial charge in [0.05, 0.1) is 0 Å². The summed E-state index contributed by atoms with van der Waals surface area (Å²) in [6.45, 7) is 0. The fourth-order valence-electron chi connectivity index (χ4n) is 1.19. The molecule has 1 rings (SSSR count). The molecule has 0 amide bonds. The van der Waals surface area contributed by atoms with Gasteiger partial charge in [-0.15, -0.1) is 0 Å². The summed E-state index contributed by atoms with van der Waals surface area (Å²) in [4.78, 5) is 22.2. The quantitative estimate of drug-likeness (QED) is 0.573. The lowest BCUT2D eigenvalue weighted by molar-refractivity contribution is -0.123. The van der Waals surface area contributed by atoms with Crippen LogP contribution in [0.15, 0.2) is 0 Å². The third-order valence-corrected chi connectivity index (χ3v) is 2.78. The van der Waals surface area contributed by atoms with E-state index < -0.39 is 4.33 Å². The van der Waals surface area contributed by atoms with E-state index in [1.54, 1.807) is 0 Å². The van der Waals surface area contributed by atoms with Gasteiger partial charge in [-0.25, -0.2) is 0 Å². The molecule has 1 saturated carbocycles. The van der Waals surface area contributed by atoms with E-state index in [1.165, 1.54) is 0 Å². The van der Waals surface area contributed by atoms with Crippen LogP contribution in [0.25, 0.3) is 0 Å². The van der Waals surface area contributed by atoms with Crippen LogP contribution in [0.4, 0.5) is 0 Å². The largest absolute Gasteiger partial charge is 0.300 e. The molecular formula is C8H10Cl2O2. The summed E-state index contributed by atoms with van der Waals surface area (Å²) < 4.78 is -1.32. The van der Waals surface area contributed by atoms with Crippen molar-refractivity contribution in [1.29, 1.82) is 0 Å². The molecule has 0 unspecified atom stereocenters. The van der Waals surface area contributed by atoms with E-state index >= 15 is 0 Å². The number of hydrogen-bond acceptors (Lipinski definition) is 2. The van der Waals surface area contributed by atoms with Crippen LogP contribution in [0.5, 0.6) is 0 Å². The molecule has 4 heteroatoms. The third-order valence-electron chi connectivity index (χ3n) is 1.99. The molecule has 0 aliphatic heterocycles. The molecule has 0 atom stereocenters. The predicted molar refractivity (Wildman–Crippen MR) is 47.5 cm³/mol. The van der Waals surface area contributed by atoms with Crippen LogP contribution in [0.1, 0.15) is 32.1 Å². The van der Waals surface area contributed by atoms with Crippen LogP contribution in [0, 0.1) is 0 Å². The summed E-state index contributed by atoms with van der Waals surface area (Å²) in [6, 6.07) is 0. The van der Waals surface area contributed by atoms with Gasteiger partial charge in [0.15, 0.2) is 10.1 Å². The van der Waals surface area contributed by atoms with Crippen LogP contribution >= 0.6 is 23.2 Å². The maximum absolute atomic E-state index is 11.2. The lowest BCUT2D eigenvalue weighted by atomic mass is 9.98. The molecule has 0 spiro atoms. The maximum atomic E-state index is 11.2. The first-order valence-corrected chi connectivity index (χ1v) is 4.71. The summed E-state index contributed by atoms with van der Waals surface area (Å²) in [5, 5.41) is 0. The van der Waals surface area contributed by atoms with Crippen LogP contribution in [0.3, 0.4) is 0 Å². The highest BCUT2D eigenvalue weighted by Gasteiger charge is 2.34. The summed E-state index contributed by atoms with van der Waals surface area (Å²) >= 11 is 11.5. The zero-order valence-electron chi connectivity index (χ0n) is 6.61. The van der Waals surface area contributed by atoms with E-state index in [0.29, 0.717) is 25.7 Å². The Bertz CT molecular complexity index is 211. The van der Waals surface area contributed by atoms with Gasteiger partial charge in [0.2, 0.25) is 0 Å². The van der Waals surface area contributed by atoms with Gasteiger partial charge >= 0.3 is 0 Å². The maximum Gasteiger partial charge on any atom is 0.176 e. The van der Waals surface area contributed by atoms with Crippen LogP contribution in [-0.4, -0.2) is 15.9 Å². The third kappa shape index (κ3) is 2.46. The van der Waals surface area contributed by atoms with Gasteiger partial charge in [-0.2, -0.15) is 0 Å². The van der Waals surface area contributed by atoms with Gasteiger partial charge < -0.3 is 0 Å². The number of alkyl halides is 2. The van der Waals surface area contributed by atoms with Gasteiger partial charge in [-0.05, 0) is 12.8 Å². The number of carbonyl (C=O) groups is 2. The molecule has 12 heavy (non-hydrogen) atoms. The van der Waals surface area contributed by atoms with Gasteiger partial charge in [-0.1, -0.05) is 23.2 Å². The minimum Gasteiger partial charge on any atom is -0.300 e. The van der Waals surface area contributed by atoms with Crippen molar-refractivity contribution in [2.24, 2.45) is 0 Å². The average Bonchev–Trinajstić information content (AvgIpc) is 1.99. The lowest BCUT2D eigenvalue weighted by Crippen LogP contribution is -2.28. The zero-order valence-corrected chi connectivity index (χ0v) is 8.12. The molecule has 0 radical (unpaired) electrons. The van der Waals surface area contributed by atoms with E-state index in [9.17, 15) is 9.59 Å². The molecule has 1 fully saturated rings. The Morgan fingerprint density at radius 3 is 2.42 bits per heavy atom. The fourth-order valence-corrected chi connectivity index (χ4v) is 1.57. The van der Waals surface area contributed by atoms with Crippen LogP contribution < -0.4 is 0 Å². The fraction of sp³-hybridized carbons (Fsp3) is 0.750. The molecule has 0 heterocycles. The second-order valence-corrected chi connectivity index (χ2v) is 4.50. The summed E-state index contributed by atoms with van der Waals surface area (Å²) in [5.41, 5.74) is 0. The summed E-state index contributed by atoms with van der Waals surface area (Å²) in [5.74, 6) is -0.00786. The molecule has 0 aromatic heterocycles. The SMILES string of the molecule is O=C1CCCC(=O)C(Cl)(Cl)CC1. The van der Waals surface area contributed by atoms with Gasteiger partial charge in [0, 0.05) is 19.3 Å². The highest BCUT2D eigenvalue weighted by Crippen LogP contribution is 2.31. The Morgan fingerprint density at radius 1 is 1.08 bits per heavy atom. The van der Waals surface area contributed by atoms with Gasteiger partial charge in [0.1, 0.15) is 5.78 Å². The van der Waals surface area contributed by atoms with E-state index in [1.807, 2.05) is 0 Å². The number of rotatable bonds is 0. The minimum absolute atomic E-state index is 0.146. The number of carbonyl (C=O) groups excluding carboxylic acids is 2. The molecule has 0 aromatic carbocycles. The van der Waals surface area contributed by atoms with Crippen molar-refractivity contribution in [3.05, 3.63) is 0 Å². The van der Waals surface area contributed by atoms with Crippen molar-refractivity contribution < 1.29 is 9.59 Å². The van der Waals surface area contributed by atoms with E-state index in [2.05, 4.69) is 0 Å². The lowest BCUT2D eigenvalue weighted by Gasteiger charge is -2.19. The first-order valence-electron chi connectivity index (χ1n) is 3.95. The smallest absolute Gasteiger partial charge is 0.176 e. The van der Waals surface area contributed by atoms with Crippen molar-refractivity contribution in [2.45, 2.75) is 36.4 Å². The first-order chi connectivity index (χ1) is 5.52. The van der Waals surface area contributed by atoms with E-state index in [0.717, 1.165) is 0 Å². The second kappa shape index (κ2) is 3.75. The molecule has 0 N–H and O–H groups in total. The zero-order chi connectivity index (χ0) is 9.19. The Balaban J connectivity index is 2.64. The molecule has 1 aliphatic rings. The Kier molecular flexibility index (Phi) is 3.13. The molecule has 0 saturated heterocycles. The van der Waals surface area contributed by atoms with Crippen LogP contribution in [0.2, 0.25) is 0 Å². The molecular weight excluding hydrogens is 199 g/mol. The highest BCUT2D eigenvalue weighted by molar-refractivity contribution is 6.58. The molecule has 1 aliphatic carbocycles. The standard InChI is InChI=1S/C8H10Cl2O2/c9-8(10)5-4-6(11)2-1-3-7(8)12/h1-5H2. The number of Topliss-reactive ketones (excluding diaryl/α,β-unsaturated/α-hetero) is 2. The van der Waals surface area contributed by atoms with Crippen LogP contribution in [-0.2, 0) is 9.59 Å². The molecule has 0 bridgehead atoms. The molecule has 2 nitrogen and oxygen atoms in total. The normalized spacial score (nSPS) is 24.8. The minimum atomic E-state index is -1.32. The van der Waals surface area contributed by atoms with E-state index in [-0.39, 0.29) is 18.0 Å². The van der Waals surface area contributed by atoms with Crippen molar-refractivity contribution in [3.63, 3.8) is 0 Å². The average molecular weight is 209 g/mol. The Hall–Kier alpha value is -0.0800. The monoisotopic (exact) mass is 208 g/mol. The number of halogens is 2. The highest BCUT2D eigenvalue weighted by atomic mass is 35.5. The van der Waals surface area contributed by atoms with Gasteiger partial charge in [-0.3, -0.25) is 9.59 Å². The summed E-state index contributed by atoms with van der Waals surface area (Å²) in [7, 11) is 0. The van der Waals surface area contributed by atoms with E-state index in [4.69, 9.17) is 23.2 Å². The topological polar surface area (TPSA) is 34.1 Å². The van der Waals surface area contributed by atoms with Crippen molar-refractivity contribution in [3.8, 4) is 0 Å². The van der Waals surface area contributed by atoms with Crippen molar-refractivity contribution in [2.75, 3.05) is 0 Å². The Labute approximate surface area is 81.2 Å². The number of ketones is 2. The second-order valence-electron chi connectivity index (χ2n) is 3.02. The summed E-state index contributed by atoms with van der Waals surface area (Å²) in [6.07, 6.45) is 1.96.